The molecular formula is C16H13BrClNO2. The van der Waals surface area contributed by atoms with Crippen molar-refractivity contribution in [2.45, 2.75) is 17.3 Å². The predicted molar refractivity (Wildman–Crippen MR) is 86.2 cm³/mol. The molecule has 2 unspecified atom stereocenters. The molecule has 0 fully saturated rings. The Hall–Kier alpha value is -1.52. The van der Waals surface area contributed by atoms with E-state index >= 15 is 0 Å². The number of halogens is 2. The Morgan fingerprint density at radius 1 is 1.29 bits per heavy atom. The Bertz CT molecular complexity index is 704. The summed E-state index contributed by atoms with van der Waals surface area (Å²) in [5, 5.41) is 13.2. The van der Waals surface area contributed by atoms with Crippen molar-refractivity contribution in [3.8, 4) is 5.75 Å². The molecule has 5 heteroatoms. The van der Waals surface area contributed by atoms with Crippen molar-refractivity contribution >= 4 is 33.4 Å². The number of hydrogen-bond donors (Lipinski definition) is 2. The molecule has 0 radical (unpaired) electrons. The number of aromatic hydroxyl groups is 1. The molecule has 21 heavy (non-hydrogen) atoms. The van der Waals surface area contributed by atoms with E-state index in [4.69, 9.17) is 11.6 Å². The number of nitrogens with one attached hydrogen (secondary N) is 1. The van der Waals surface area contributed by atoms with E-state index < -0.39 is 0 Å². The first-order chi connectivity index (χ1) is 10.1. The molecule has 2 aromatic rings. The van der Waals surface area contributed by atoms with Gasteiger partial charge in [-0.1, -0.05) is 51.8 Å². The van der Waals surface area contributed by atoms with Crippen molar-refractivity contribution in [1.82, 2.24) is 5.32 Å². The average molecular weight is 367 g/mol. The molecule has 0 saturated heterocycles. The van der Waals surface area contributed by atoms with Crippen LogP contribution in [0.4, 0.5) is 0 Å². The second-order valence-electron chi connectivity index (χ2n) is 5.03. The van der Waals surface area contributed by atoms with E-state index in [1.54, 1.807) is 6.07 Å². The molecule has 0 spiro atoms. The predicted octanol–water partition coefficient (Wildman–Crippen LogP) is 3.84. The second-order valence-corrected chi connectivity index (χ2v) is 6.64. The first-order valence-electron chi connectivity index (χ1n) is 6.57. The molecule has 3 rings (SSSR count). The largest absolute Gasteiger partial charge is 0.507 e. The van der Waals surface area contributed by atoms with Gasteiger partial charge in [-0.05, 0) is 35.7 Å². The molecule has 0 aliphatic heterocycles. The maximum atomic E-state index is 12.4. The van der Waals surface area contributed by atoms with Gasteiger partial charge in [0.15, 0.2) is 0 Å². The molecule has 1 aliphatic rings. The summed E-state index contributed by atoms with van der Waals surface area (Å²) in [4.78, 5) is 12.5. The molecule has 3 nitrogen and oxygen atoms in total. The van der Waals surface area contributed by atoms with Gasteiger partial charge < -0.3 is 10.4 Å². The van der Waals surface area contributed by atoms with Crippen LogP contribution < -0.4 is 5.32 Å². The van der Waals surface area contributed by atoms with Crippen molar-refractivity contribution in [1.29, 1.82) is 0 Å². The van der Waals surface area contributed by atoms with Gasteiger partial charge in [0, 0.05) is 9.85 Å². The van der Waals surface area contributed by atoms with E-state index in [1.807, 2.05) is 18.2 Å². The highest BCUT2D eigenvalue weighted by Gasteiger charge is 2.32. The molecule has 1 amide bonds. The van der Waals surface area contributed by atoms with Gasteiger partial charge in [-0.25, -0.2) is 0 Å². The summed E-state index contributed by atoms with van der Waals surface area (Å²) < 4.78 is 0. The van der Waals surface area contributed by atoms with E-state index in [9.17, 15) is 9.90 Å². The molecule has 0 aromatic heterocycles. The third kappa shape index (κ3) is 2.78. The third-order valence-corrected chi connectivity index (χ3v) is 4.74. The normalized spacial score (nSPS) is 20.1. The van der Waals surface area contributed by atoms with E-state index in [0.29, 0.717) is 5.02 Å². The van der Waals surface area contributed by atoms with Crippen LogP contribution >= 0.6 is 27.5 Å². The number of alkyl halides is 1. The van der Waals surface area contributed by atoms with Gasteiger partial charge in [-0.2, -0.15) is 0 Å². The molecule has 2 atom stereocenters. The highest BCUT2D eigenvalue weighted by Crippen LogP contribution is 2.36. The Morgan fingerprint density at radius 2 is 2.05 bits per heavy atom. The minimum atomic E-state index is -0.332. The Labute approximate surface area is 136 Å². The van der Waals surface area contributed by atoms with Gasteiger partial charge in [0.25, 0.3) is 5.91 Å². The van der Waals surface area contributed by atoms with Crippen LogP contribution in [0.15, 0.2) is 42.5 Å². The van der Waals surface area contributed by atoms with Crippen LogP contribution in [0, 0.1) is 0 Å². The molecule has 0 heterocycles. The second kappa shape index (κ2) is 5.70. The van der Waals surface area contributed by atoms with Crippen molar-refractivity contribution in [2.24, 2.45) is 0 Å². The van der Waals surface area contributed by atoms with Crippen LogP contribution in [0.3, 0.4) is 0 Å². The Morgan fingerprint density at radius 3 is 2.86 bits per heavy atom. The van der Waals surface area contributed by atoms with Gasteiger partial charge in [0.2, 0.25) is 0 Å². The fraction of sp³-hybridized carbons (Fsp3) is 0.188. The molecule has 1 aliphatic carbocycles. The van der Waals surface area contributed by atoms with Gasteiger partial charge in [0.1, 0.15) is 5.75 Å². The minimum Gasteiger partial charge on any atom is -0.507 e. The van der Waals surface area contributed by atoms with Gasteiger partial charge in [0.05, 0.1) is 11.6 Å². The van der Waals surface area contributed by atoms with Crippen molar-refractivity contribution < 1.29 is 9.90 Å². The number of fused-ring (bicyclic) bond motifs is 1. The number of hydrogen-bond acceptors (Lipinski definition) is 2. The molecule has 2 N–H and O–H groups in total. The number of phenolic OH excluding ortho intramolecular Hbond substituents is 1. The van der Waals surface area contributed by atoms with Crippen LogP contribution in [0.25, 0.3) is 0 Å². The van der Waals surface area contributed by atoms with E-state index in [-0.39, 0.29) is 28.1 Å². The van der Waals surface area contributed by atoms with Crippen LogP contribution in [0.5, 0.6) is 5.75 Å². The summed E-state index contributed by atoms with van der Waals surface area (Å²) in [5.41, 5.74) is 2.51. The molecule has 2 aromatic carbocycles. The summed E-state index contributed by atoms with van der Waals surface area (Å²) in [7, 11) is 0. The lowest BCUT2D eigenvalue weighted by atomic mass is 10.1. The van der Waals surface area contributed by atoms with Gasteiger partial charge >= 0.3 is 0 Å². The summed E-state index contributed by atoms with van der Waals surface area (Å²) in [6.45, 7) is 0. The third-order valence-electron chi connectivity index (χ3n) is 3.66. The van der Waals surface area contributed by atoms with E-state index in [2.05, 4.69) is 27.3 Å². The Kier molecular flexibility index (Phi) is 3.91. The fourth-order valence-corrected chi connectivity index (χ4v) is 3.56. The summed E-state index contributed by atoms with van der Waals surface area (Å²) in [6, 6.07) is 12.3. The number of benzene rings is 2. The molecule has 108 valence electrons. The number of rotatable bonds is 2. The zero-order chi connectivity index (χ0) is 15.0. The van der Waals surface area contributed by atoms with Crippen LogP contribution in [-0.4, -0.2) is 15.8 Å². The first-order valence-corrected chi connectivity index (χ1v) is 7.87. The smallest absolute Gasteiger partial charge is 0.255 e. The lowest BCUT2D eigenvalue weighted by Crippen LogP contribution is -2.31. The average Bonchev–Trinajstić information content (AvgIpc) is 2.78. The van der Waals surface area contributed by atoms with Crippen LogP contribution in [-0.2, 0) is 6.42 Å². The maximum absolute atomic E-state index is 12.4. The molecule has 0 bridgehead atoms. The number of carbonyl (C=O) groups is 1. The Balaban J connectivity index is 1.87. The fourth-order valence-electron chi connectivity index (χ4n) is 2.62. The van der Waals surface area contributed by atoms with E-state index in [0.717, 1.165) is 12.0 Å². The number of phenols is 1. The van der Waals surface area contributed by atoms with Crippen LogP contribution in [0.2, 0.25) is 5.02 Å². The highest BCUT2D eigenvalue weighted by molar-refractivity contribution is 9.09. The lowest BCUT2D eigenvalue weighted by molar-refractivity contribution is 0.0935. The zero-order valence-corrected chi connectivity index (χ0v) is 13.4. The monoisotopic (exact) mass is 365 g/mol. The number of carbonyl (C=O) groups excluding carboxylic acids is 1. The van der Waals surface area contributed by atoms with Crippen molar-refractivity contribution in [3.63, 3.8) is 0 Å². The quantitative estimate of drug-likeness (QED) is 0.794. The maximum Gasteiger partial charge on any atom is 0.255 e. The number of amides is 1. The SMILES string of the molecule is O=C(NC1c2ccccc2CC1Br)c1cc(Cl)ccc1O. The van der Waals surface area contributed by atoms with E-state index in [1.165, 1.54) is 17.7 Å². The van der Waals surface area contributed by atoms with Crippen LogP contribution in [0.1, 0.15) is 27.5 Å². The van der Waals surface area contributed by atoms with Crippen molar-refractivity contribution in [2.75, 3.05) is 0 Å². The first kappa shape index (κ1) is 14.4. The molecular weight excluding hydrogens is 354 g/mol. The highest BCUT2D eigenvalue weighted by atomic mass is 79.9. The molecule has 0 saturated carbocycles. The van der Waals surface area contributed by atoms with Gasteiger partial charge in [-0.15, -0.1) is 0 Å². The van der Waals surface area contributed by atoms with Gasteiger partial charge in [-0.3, -0.25) is 4.79 Å². The summed E-state index contributed by atoms with van der Waals surface area (Å²) >= 11 is 9.50. The van der Waals surface area contributed by atoms with Crippen molar-refractivity contribution in [3.05, 3.63) is 64.2 Å². The topological polar surface area (TPSA) is 49.3 Å². The minimum absolute atomic E-state index is 0.0747. The lowest BCUT2D eigenvalue weighted by Gasteiger charge is -2.18. The zero-order valence-electron chi connectivity index (χ0n) is 11.0. The summed E-state index contributed by atoms with van der Waals surface area (Å²) in [6.07, 6.45) is 0.864. The standard InChI is InChI=1S/C16H13BrClNO2/c17-13-7-9-3-1-2-4-11(9)15(13)19-16(21)12-8-10(18)5-6-14(12)20/h1-6,8,13,15,20H,7H2,(H,19,21). The summed E-state index contributed by atoms with van der Waals surface area (Å²) in [5.74, 6) is -0.407.